The van der Waals surface area contributed by atoms with Crippen molar-refractivity contribution in [3.05, 3.63) is 29.7 Å². The first-order chi connectivity index (χ1) is 9.13. The van der Waals surface area contributed by atoms with Gasteiger partial charge in [0.15, 0.2) is 11.5 Å². The number of nitrogens with two attached hydrogens (primary N) is 2. The van der Waals surface area contributed by atoms with Gasteiger partial charge in [-0.1, -0.05) is 6.07 Å². The largest absolute Gasteiger partial charge is 0.441 e. The van der Waals surface area contributed by atoms with Gasteiger partial charge in [-0.25, -0.2) is 4.98 Å². The summed E-state index contributed by atoms with van der Waals surface area (Å²) in [6.07, 6.45) is 4.42. The van der Waals surface area contributed by atoms with E-state index in [4.69, 9.17) is 15.9 Å². The van der Waals surface area contributed by atoms with Crippen molar-refractivity contribution in [2.45, 2.75) is 44.7 Å². The van der Waals surface area contributed by atoms with Crippen LogP contribution in [0.15, 0.2) is 22.6 Å². The summed E-state index contributed by atoms with van der Waals surface area (Å²) in [6.45, 7) is 1.86. The summed E-state index contributed by atoms with van der Waals surface area (Å²) in [5.41, 5.74) is 15.3. The van der Waals surface area contributed by atoms with Crippen LogP contribution in [-0.4, -0.2) is 11.0 Å². The lowest BCUT2D eigenvalue weighted by molar-refractivity contribution is 0.285. The fraction of sp³-hybridized carbons (Fsp3) is 0.533. The van der Waals surface area contributed by atoms with Gasteiger partial charge in [-0.2, -0.15) is 0 Å². The van der Waals surface area contributed by atoms with Gasteiger partial charge in [0.1, 0.15) is 5.52 Å². The molecule has 0 radical (unpaired) electrons. The van der Waals surface area contributed by atoms with Gasteiger partial charge in [-0.3, -0.25) is 0 Å². The Bertz CT molecular complexity index is 570. The van der Waals surface area contributed by atoms with E-state index in [2.05, 4.69) is 17.1 Å². The standard InChI is InChI=1S/C15H21N3O/c1-9-18-13-8-11(4-7-14(13)19-9)15(17)10-2-5-12(16)6-3-10/h4,7-8,10,12,15H,2-3,5-6,16-17H2,1H3. The summed E-state index contributed by atoms with van der Waals surface area (Å²) >= 11 is 0. The first kappa shape index (κ1) is 12.6. The van der Waals surface area contributed by atoms with E-state index in [1.165, 1.54) is 0 Å². The summed E-state index contributed by atoms with van der Waals surface area (Å²) in [5.74, 6) is 1.23. The number of nitrogens with zero attached hydrogens (tertiary/aromatic N) is 1. The summed E-state index contributed by atoms with van der Waals surface area (Å²) in [7, 11) is 0. The molecule has 1 aromatic heterocycles. The van der Waals surface area contributed by atoms with E-state index in [9.17, 15) is 0 Å². The van der Waals surface area contributed by atoms with E-state index in [0.29, 0.717) is 17.9 Å². The average molecular weight is 259 g/mol. The van der Waals surface area contributed by atoms with Crippen LogP contribution in [0.5, 0.6) is 0 Å². The topological polar surface area (TPSA) is 78.1 Å². The van der Waals surface area contributed by atoms with Crippen molar-refractivity contribution in [2.75, 3.05) is 0 Å². The van der Waals surface area contributed by atoms with Crippen LogP contribution in [-0.2, 0) is 0 Å². The normalized spacial score (nSPS) is 25.6. The highest BCUT2D eigenvalue weighted by Gasteiger charge is 2.25. The molecule has 1 aromatic carbocycles. The van der Waals surface area contributed by atoms with E-state index in [0.717, 1.165) is 42.3 Å². The molecular formula is C15H21N3O. The Morgan fingerprint density at radius 3 is 2.74 bits per heavy atom. The van der Waals surface area contributed by atoms with Crippen molar-refractivity contribution >= 4 is 11.1 Å². The third kappa shape index (κ3) is 2.51. The average Bonchev–Trinajstić information content (AvgIpc) is 2.77. The van der Waals surface area contributed by atoms with Crippen LogP contribution in [0.25, 0.3) is 11.1 Å². The maximum absolute atomic E-state index is 6.41. The van der Waals surface area contributed by atoms with E-state index in [1.54, 1.807) is 0 Å². The van der Waals surface area contributed by atoms with E-state index in [1.807, 2.05) is 13.0 Å². The van der Waals surface area contributed by atoms with Gasteiger partial charge >= 0.3 is 0 Å². The summed E-state index contributed by atoms with van der Waals surface area (Å²) < 4.78 is 5.49. The molecule has 1 unspecified atom stereocenters. The minimum absolute atomic E-state index is 0.0777. The SMILES string of the molecule is Cc1nc2cc(C(N)C3CCC(N)CC3)ccc2o1. The molecule has 4 heteroatoms. The van der Waals surface area contributed by atoms with Gasteiger partial charge in [0.25, 0.3) is 0 Å². The van der Waals surface area contributed by atoms with Gasteiger partial charge < -0.3 is 15.9 Å². The van der Waals surface area contributed by atoms with Crippen LogP contribution in [0, 0.1) is 12.8 Å². The number of aromatic nitrogens is 1. The maximum atomic E-state index is 6.41. The monoisotopic (exact) mass is 259 g/mol. The molecule has 1 heterocycles. The Morgan fingerprint density at radius 1 is 1.26 bits per heavy atom. The fourth-order valence-electron chi connectivity index (χ4n) is 3.04. The predicted octanol–water partition coefficient (Wildman–Crippen LogP) is 2.65. The molecule has 1 saturated carbocycles. The highest BCUT2D eigenvalue weighted by atomic mass is 16.3. The molecule has 0 saturated heterocycles. The summed E-state index contributed by atoms with van der Waals surface area (Å²) in [4.78, 5) is 4.37. The zero-order valence-electron chi connectivity index (χ0n) is 11.3. The molecule has 4 N–H and O–H groups in total. The Balaban J connectivity index is 1.82. The lowest BCUT2D eigenvalue weighted by atomic mass is 9.80. The van der Waals surface area contributed by atoms with Crippen LogP contribution in [0.2, 0.25) is 0 Å². The second-order valence-electron chi connectivity index (χ2n) is 5.66. The Labute approximate surface area is 113 Å². The van der Waals surface area contributed by atoms with E-state index in [-0.39, 0.29) is 6.04 Å². The first-order valence-corrected chi connectivity index (χ1v) is 7.02. The fourth-order valence-corrected chi connectivity index (χ4v) is 3.04. The number of rotatable bonds is 2. The van der Waals surface area contributed by atoms with Crippen LogP contribution in [0.1, 0.15) is 43.2 Å². The van der Waals surface area contributed by atoms with Crippen molar-refractivity contribution in [2.24, 2.45) is 17.4 Å². The predicted molar refractivity (Wildman–Crippen MR) is 75.6 cm³/mol. The molecule has 0 aliphatic heterocycles. The molecule has 4 nitrogen and oxygen atoms in total. The number of benzene rings is 1. The third-order valence-electron chi connectivity index (χ3n) is 4.23. The minimum atomic E-state index is 0.0777. The van der Waals surface area contributed by atoms with Crippen molar-refractivity contribution in [3.63, 3.8) is 0 Å². The summed E-state index contributed by atoms with van der Waals surface area (Å²) in [5, 5.41) is 0. The van der Waals surface area contributed by atoms with Crippen molar-refractivity contribution in [1.29, 1.82) is 0 Å². The van der Waals surface area contributed by atoms with E-state index >= 15 is 0 Å². The smallest absolute Gasteiger partial charge is 0.192 e. The molecular weight excluding hydrogens is 238 g/mol. The molecule has 0 spiro atoms. The van der Waals surface area contributed by atoms with Gasteiger partial charge in [-0.15, -0.1) is 0 Å². The lowest BCUT2D eigenvalue weighted by Crippen LogP contribution is -2.31. The van der Waals surface area contributed by atoms with Gasteiger partial charge in [0.2, 0.25) is 0 Å². The number of hydrogen-bond donors (Lipinski definition) is 2. The quantitative estimate of drug-likeness (QED) is 0.869. The molecule has 102 valence electrons. The third-order valence-corrected chi connectivity index (χ3v) is 4.23. The summed E-state index contributed by atoms with van der Waals surface area (Å²) in [6, 6.07) is 6.54. The molecule has 1 aliphatic carbocycles. The molecule has 0 amide bonds. The van der Waals surface area contributed by atoms with Crippen molar-refractivity contribution in [3.8, 4) is 0 Å². The van der Waals surface area contributed by atoms with Crippen molar-refractivity contribution < 1.29 is 4.42 Å². The Kier molecular flexibility index (Phi) is 3.29. The zero-order chi connectivity index (χ0) is 13.4. The maximum Gasteiger partial charge on any atom is 0.192 e. The van der Waals surface area contributed by atoms with Crippen LogP contribution >= 0.6 is 0 Å². The highest BCUT2D eigenvalue weighted by Crippen LogP contribution is 2.33. The molecule has 0 bridgehead atoms. The highest BCUT2D eigenvalue weighted by molar-refractivity contribution is 5.73. The van der Waals surface area contributed by atoms with Gasteiger partial charge in [-0.05, 0) is 49.3 Å². The molecule has 2 aromatic rings. The molecule has 19 heavy (non-hydrogen) atoms. The Morgan fingerprint density at radius 2 is 2.00 bits per heavy atom. The lowest BCUT2D eigenvalue weighted by Gasteiger charge is -2.30. The second-order valence-corrected chi connectivity index (χ2v) is 5.66. The molecule has 1 aliphatic rings. The van der Waals surface area contributed by atoms with Crippen LogP contribution in [0.4, 0.5) is 0 Å². The number of aryl methyl sites for hydroxylation is 1. The number of oxazole rings is 1. The molecule has 1 fully saturated rings. The first-order valence-electron chi connectivity index (χ1n) is 7.02. The van der Waals surface area contributed by atoms with Gasteiger partial charge in [0.05, 0.1) is 0 Å². The zero-order valence-corrected chi connectivity index (χ0v) is 11.3. The van der Waals surface area contributed by atoms with Gasteiger partial charge in [0, 0.05) is 19.0 Å². The number of fused-ring (bicyclic) bond motifs is 1. The van der Waals surface area contributed by atoms with E-state index < -0.39 is 0 Å². The van der Waals surface area contributed by atoms with Crippen LogP contribution in [0.3, 0.4) is 0 Å². The second kappa shape index (κ2) is 4.94. The molecule has 3 rings (SSSR count). The minimum Gasteiger partial charge on any atom is -0.441 e. The molecule has 1 atom stereocenters. The Hall–Kier alpha value is -1.39. The van der Waals surface area contributed by atoms with Crippen molar-refractivity contribution in [1.82, 2.24) is 4.98 Å². The number of hydrogen-bond acceptors (Lipinski definition) is 4. The van der Waals surface area contributed by atoms with Crippen LogP contribution < -0.4 is 11.5 Å².